The standard InChI is InChI=1S/C27H31ClF3NO6/c1-17-9-19(7-8-34-15-18-5-3-2-4-6-18)36-20(10-17)11-21-12-22(38-26(33)27(29,30)31)13-24(37-21)23-16-35-25(14-28)32-23/h2-6,16,19-22,24H,1,7-15H2/t19-,20+,21+,22-,24+/m0/s1. The molecule has 38 heavy (non-hydrogen) atoms. The van der Waals surface area contributed by atoms with E-state index >= 15 is 0 Å². The van der Waals surface area contributed by atoms with Crippen LogP contribution in [0.5, 0.6) is 0 Å². The van der Waals surface area contributed by atoms with Crippen LogP contribution in [0.2, 0.25) is 0 Å². The zero-order chi connectivity index (χ0) is 27.1. The molecular formula is C27H31ClF3NO6. The molecular weight excluding hydrogens is 527 g/mol. The number of hydrogen-bond donors (Lipinski definition) is 0. The van der Waals surface area contributed by atoms with Gasteiger partial charge in [0.25, 0.3) is 0 Å². The van der Waals surface area contributed by atoms with Crippen molar-refractivity contribution in [2.24, 2.45) is 0 Å². The van der Waals surface area contributed by atoms with Crippen LogP contribution in [0.4, 0.5) is 13.2 Å². The van der Waals surface area contributed by atoms with Crippen LogP contribution in [0.15, 0.2) is 53.2 Å². The lowest BCUT2D eigenvalue weighted by molar-refractivity contribution is -0.213. The van der Waals surface area contributed by atoms with Crippen molar-refractivity contribution in [3.8, 4) is 0 Å². The molecule has 0 unspecified atom stereocenters. The van der Waals surface area contributed by atoms with E-state index in [1.165, 1.54) is 6.26 Å². The molecule has 3 heterocycles. The van der Waals surface area contributed by atoms with E-state index in [1.807, 2.05) is 30.3 Å². The second-order valence-electron chi connectivity index (χ2n) is 9.64. The van der Waals surface area contributed by atoms with Crippen molar-refractivity contribution in [3.63, 3.8) is 0 Å². The van der Waals surface area contributed by atoms with Gasteiger partial charge in [0.2, 0.25) is 5.89 Å². The van der Waals surface area contributed by atoms with E-state index in [2.05, 4.69) is 11.6 Å². The Balaban J connectivity index is 1.34. The number of rotatable bonds is 10. The van der Waals surface area contributed by atoms with E-state index in [0.29, 0.717) is 44.6 Å². The van der Waals surface area contributed by atoms with Gasteiger partial charge in [-0.15, -0.1) is 11.6 Å². The second kappa shape index (κ2) is 13.1. The second-order valence-corrected chi connectivity index (χ2v) is 9.91. The Morgan fingerprint density at radius 3 is 2.58 bits per heavy atom. The van der Waals surface area contributed by atoms with Crippen LogP contribution < -0.4 is 0 Å². The molecule has 2 aromatic rings. The highest BCUT2D eigenvalue weighted by Crippen LogP contribution is 2.37. The number of alkyl halides is 4. The number of nitrogens with zero attached hydrogens (tertiary/aromatic N) is 1. The van der Waals surface area contributed by atoms with E-state index in [4.69, 9.17) is 35.0 Å². The molecule has 0 radical (unpaired) electrons. The van der Waals surface area contributed by atoms with Crippen LogP contribution in [0.25, 0.3) is 0 Å². The molecule has 1 aromatic carbocycles. The first kappa shape index (κ1) is 28.6. The number of halogens is 4. The minimum Gasteiger partial charge on any atom is -0.456 e. The number of esters is 1. The third kappa shape index (κ3) is 8.30. The van der Waals surface area contributed by atoms with E-state index < -0.39 is 30.5 Å². The molecule has 0 N–H and O–H groups in total. The van der Waals surface area contributed by atoms with E-state index in [0.717, 1.165) is 11.1 Å². The summed E-state index contributed by atoms with van der Waals surface area (Å²) in [5.74, 6) is -1.92. The average Bonchev–Trinajstić information content (AvgIpc) is 3.36. The summed E-state index contributed by atoms with van der Waals surface area (Å²) in [6.07, 6.45) is -3.76. The molecule has 2 aliphatic heterocycles. The largest absolute Gasteiger partial charge is 0.490 e. The Kier molecular flexibility index (Phi) is 9.86. The summed E-state index contributed by atoms with van der Waals surface area (Å²) >= 11 is 5.76. The number of hydrogen-bond acceptors (Lipinski definition) is 7. The lowest BCUT2D eigenvalue weighted by Crippen LogP contribution is -2.40. The Hall–Kier alpha value is -2.40. The van der Waals surface area contributed by atoms with Gasteiger partial charge in [-0.05, 0) is 24.8 Å². The van der Waals surface area contributed by atoms with Gasteiger partial charge in [0.1, 0.15) is 24.2 Å². The number of benzene rings is 1. The predicted octanol–water partition coefficient (Wildman–Crippen LogP) is 6.21. The fourth-order valence-electron chi connectivity index (χ4n) is 4.84. The average molecular weight is 558 g/mol. The van der Waals surface area contributed by atoms with Gasteiger partial charge in [-0.2, -0.15) is 13.2 Å². The Morgan fingerprint density at radius 2 is 1.87 bits per heavy atom. The number of oxazole rings is 1. The predicted molar refractivity (Wildman–Crippen MR) is 131 cm³/mol. The summed E-state index contributed by atoms with van der Waals surface area (Å²) < 4.78 is 66.9. The number of aromatic nitrogens is 1. The highest BCUT2D eigenvalue weighted by molar-refractivity contribution is 6.16. The molecule has 0 aliphatic carbocycles. The molecule has 0 amide bonds. The van der Waals surface area contributed by atoms with Crippen molar-refractivity contribution < 1.29 is 41.3 Å². The third-order valence-corrected chi connectivity index (χ3v) is 6.75. The van der Waals surface area contributed by atoms with Gasteiger partial charge >= 0.3 is 12.1 Å². The molecule has 0 saturated carbocycles. The number of carbonyl (C=O) groups excluding carboxylic acids is 1. The van der Waals surface area contributed by atoms with Gasteiger partial charge in [0.15, 0.2) is 0 Å². The van der Waals surface area contributed by atoms with Gasteiger partial charge in [0.05, 0.1) is 30.8 Å². The minimum atomic E-state index is -5.08. The molecule has 7 nitrogen and oxygen atoms in total. The molecule has 2 saturated heterocycles. The first-order valence-electron chi connectivity index (χ1n) is 12.6. The molecule has 2 fully saturated rings. The molecule has 1 aromatic heterocycles. The molecule has 208 valence electrons. The van der Waals surface area contributed by atoms with Gasteiger partial charge in [-0.25, -0.2) is 9.78 Å². The molecule has 11 heteroatoms. The zero-order valence-electron chi connectivity index (χ0n) is 20.8. The Morgan fingerprint density at radius 1 is 1.11 bits per heavy atom. The van der Waals surface area contributed by atoms with Crippen molar-refractivity contribution in [3.05, 3.63) is 65.9 Å². The lowest BCUT2D eigenvalue weighted by Gasteiger charge is -2.38. The summed E-state index contributed by atoms with van der Waals surface area (Å²) in [4.78, 5) is 15.8. The van der Waals surface area contributed by atoms with Gasteiger partial charge < -0.3 is 23.4 Å². The van der Waals surface area contributed by atoms with Crippen LogP contribution in [-0.4, -0.2) is 48.2 Å². The van der Waals surface area contributed by atoms with Crippen LogP contribution >= 0.6 is 11.6 Å². The Bertz CT molecular complexity index is 1060. The van der Waals surface area contributed by atoms with Gasteiger partial charge in [-0.1, -0.05) is 42.5 Å². The van der Waals surface area contributed by atoms with Crippen molar-refractivity contribution in [2.45, 2.75) is 87.7 Å². The molecule has 2 aliphatic rings. The van der Waals surface area contributed by atoms with Crippen LogP contribution in [0.1, 0.15) is 61.8 Å². The van der Waals surface area contributed by atoms with Gasteiger partial charge in [-0.3, -0.25) is 0 Å². The maximum absolute atomic E-state index is 12.9. The van der Waals surface area contributed by atoms with Crippen molar-refractivity contribution in [1.82, 2.24) is 4.98 Å². The first-order valence-corrected chi connectivity index (χ1v) is 13.1. The fourth-order valence-corrected chi connectivity index (χ4v) is 4.96. The molecule has 0 bridgehead atoms. The summed E-state index contributed by atoms with van der Waals surface area (Å²) in [6.45, 7) is 5.18. The monoisotopic (exact) mass is 557 g/mol. The summed E-state index contributed by atoms with van der Waals surface area (Å²) in [6, 6.07) is 9.88. The Labute approximate surface area is 224 Å². The van der Waals surface area contributed by atoms with E-state index in [-0.39, 0.29) is 36.8 Å². The van der Waals surface area contributed by atoms with Crippen molar-refractivity contribution >= 4 is 17.6 Å². The lowest BCUT2D eigenvalue weighted by atomic mass is 9.91. The molecule has 4 rings (SSSR count). The minimum absolute atomic E-state index is 0.0200. The van der Waals surface area contributed by atoms with Crippen molar-refractivity contribution in [2.75, 3.05) is 6.61 Å². The third-order valence-electron chi connectivity index (χ3n) is 6.52. The van der Waals surface area contributed by atoms with Crippen LogP contribution in [0, 0.1) is 0 Å². The quantitative estimate of drug-likeness (QED) is 0.149. The number of carbonyl (C=O) groups is 1. The summed E-state index contributed by atoms with van der Waals surface area (Å²) in [7, 11) is 0. The molecule has 0 spiro atoms. The summed E-state index contributed by atoms with van der Waals surface area (Å²) in [5, 5.41) is 0. The summed E-state index contributed by atoms with van der Waals surface area (Å²) in [5.41, 5.74) is 2.51. The highest BCUT2D eigenvalue weighted by Gasteiger charge is 2.44. The normalized spacial score (nSPS) is 26.3. The van der Waals surface area contributed by atoms with E-state index in [1.54, 1.807) is 0 Å². The fraction of sp³-hybridized carbons (Fsp3) is 0.556. The topological polar surface area (TPSA) is 80.0 Å². The maximum atomic E-state index is 12.9. The first-order chi connectivity index (χ1) is 18.2. The van der Waals surface area contributed by atoms with Crippen LogP contribution in [0.3, 0.4) is 0 Å². The number of ether oxygens (including phenoxy) is 4. The van der Waals surface area contributed by atoms with E-state index in [9.17, 15) is 18.0 Å². The zero-order valence-corrected chi connectivity index (χ0v) is 21.6. The van der Waals surface area contributed by atoms with Crippen LogP contribution in [-0.2, 0) is 36.2 Å². The SMILES string of the molecule is C=C1C[C@H](C[C@@H]2C[C@H](OC(=O)C(F)(F)F)C[C@H](c3coc(CCl)n3)O2)O[C@@H](CCOCc2ccccc2)C1. The maximum Gasteiger partial charge on any atom is 0.490 e. The molecule has 5 atom stereocenters. The smallest absolute Gasteiger partial charge is 0.456 e. The van der Waals surface area contributed by atoms with Gasteiger partial charge in [0, 0.05) is 25.9 Å². The van der Waals surface area contributed by atoms with Crippen molar-refractivity contribution in [1.29, 1.82) is 0 Å². The highest BCUT2D eigenvalue weighted by atomic mass is 35.5.